The van der Waals surface area contributed by atoms with Crippen LogP contribution < -0.4 is 4.74 Å². The summed E-state index contributed by atoms with van der Waals surface area (Å²) in [6.45, 7) is 0. The number of carboxylic acids is 1. The van der Waals surface area contributed by atoms with Gasteiger partial charge in [0.15, 0.2) is 5.69 Å². The SMILES string of the molecule is O=C(O)c1ccnc(Oc2cc(F)ccc2Br)n1. The van der Waals surface area contributed by atoms with Gasteiger partial charge in [0.1, 0.15) is 11.6 Å². The lowest BCUT2D eigenvalue weighted by atomic mass is 10.3. The topological polar surface area (TPSA) is 72.3 Å². The third kappa shape index (κ3) is 2.80. The summed E-state index contributed by atoms with van der Waals surface area (Å²) in [7, 11) is 0. The maximum absolute atomic E-state index is 13.0. The molecule has 2 aromatic rings. The van der Waals surface area contributed by atoms with Crippen molar-refractivity contribution in [3.05, 3.63) is 46.4 Å². The average molecular weight is 313 g/mol. The summed E-state index contributed by atoms with van der Waals surface area (Å²) in [4.78, 5) is 18.1. The van der Waals surface area contributed by atoms with Crippen molar-refractivity contribution in [2.45, 2.75) is 0 Å². The Labute approximate surface area is 109 Å². The molecule has 1 heterocycles. The van der Waals surface area contributed by atoms with Crippen molar-refractivity contribution < 1.29 is 19.0 Å². The normalized spacial score (nSPS) is 10.1. The van der Waals surface area contributed by atoms with E-state index in [1.807, 2.05) is 0 Å². The molecule has 0 aliphatic carbocycles. The van der Waals surface area contributed by atoms with E-state index in [0.717, 1.165) is 6.07 Å². The zero-order valence-corrected chi connectivity index (χ0v) is 10.4. The second-order valence-corrected chi connectivity index (χ2v) is 4.06. The molecule has 92 valence electrons. The molecule has 1 aromatic carbocycles. The molecule has 1 aromatic heterocycles. The van der Waals surface area contributed by atoms with Crippen molar-refractivity contribution in [3.8, 4) is 11.8 Å². The van der Waals surface area contributed by atoms with E-state index in [4.69, 9.17) is 9.84 Å². The fraction of sp³-hybridized carbons (Fsp3) is 0. The number of ether oxygens (including phenoxy) is 1. The van der Waals surface area contributed by atoms with Gasteiger partial charge in [-0.05, 0) is 34.1 Å². The van der Waals surface area contributed by atoms with Crippen LogP contribution in [0.1, 0.15) is 10.5 Å². The first-order valence-electron chi connectivity index (χ1n) is 4.75. The van der Waals surface area contributed by atoms with E-state index < -0.39 is 11.8 Å². The number of aromatic nitrogens is 2. The Morgan fingerprint density at radius 2 is 2.17 bits per heavy atom. The van der Waals surface area contributed by atoms with E-state index in [-0.39, 0.29) is 17.5 Å². The Hall–Kier alpha value is -2.02. The largest absolute Gasteiger partial charge is 0.477 e. The molecule has 0 bridgehead atoms. The van der Waals surface area contributed by atoms with Crippen LogP contribution in [-0.2, 0) is 0 Å². The van der Waals surface area contributed by atoms with Crippen LogP contribution in [0.3, 0.4) is 0 Å². The van der Waals surface area contributed by atoms with Crippen LogP contribution >= 0.6 is 15.9 Å². The predicted octanol–water partition coefficient (Wildman–Crippen LogP) is 2.87. The molecule has 0 spiro atoms. The molecule has 7 heteroatoms. The van der Waals surface area contributed by atoms with Gasteiger partial charge >= 0.3 is 12.0 Å². The van der Waals surface area contributed by atoms with Gasteiger partial charge in [0, 0.05) is 12.3 Å². The lowest BCUT2D eigenvalue weighted by molar-refractivity contribution is 0.0689. The van der Waals surface area contributed by atoms with E-state index in [1.54, 1.807) is 0 Å². The van der Waals surface area contributed by atoms with Crippen LogP contribution in [0.5, 0.6) is 11.8 Å². The maximum Gasteiger partial charge on any atom is 0.354 e. The number of benzene rings is 1. The third-order valence-corrected chi connectivity index (χ3v) is 2.60. The van der Waals surface area contributed by atoms with Gasteiger partial charge in [-0.1, -0.05) is 0 Å². The number of carbonyl (C=O) groups is 1. The van der Waals surface area contributed by atoms with E-state index >= 15 is 0 Å². The van der Waals surface area contributed by atoms with Gasteiger partial charge in [0.2, 0.25) is 0 Å². The van der Waals surface area contributed by atoms with Gasteiger partial charge in [-0.15, -0.1) is 0 Å². The monoisotopic (exact) mass is 312 g/mol. The molecule has 18 heavy (non-hydrogen) atoms. The van der Waals surface area contributed by atoms with Crippen LogP contribution in [0.15, 0.2) is 34.9 Å². The van der Waals surface area contributed by atoms with Gasteiger partial charge < -0.3 is 9.84 Å². The summed E-state index contributed by atoms with van der Waals surface area (Å²) < 4.78 is 18.7. The van der Waals surface area contributed by atoms with Crippen molar-refractivity contribution in [1.29, 1.82) is 0 Å². The Balaban J connectivity index is 2.31. The van der Waals surface area contributed by atoms with Crippen LogP contribution in [0.2, 0.25) is 0 Å². The zero-order chi connectivity index (χ0) is 13.1. The van der Waals surface area contributed by atoms with E-state index in [1.165, 1.54) is 24.4 Å². The molecule has 1 N–H and O–H groups in total. The molecular weight excluding hydrogens is 307 g/mol. The number of aromatic carboxylic acids is 1. The third-order valence-electron chi connectivity index (χ3n) is 1.95. The van der Waals surface area contributed by atoms with Gasteiger partial charge in [-0.25, -0.2) is 14.2 Å². The Kier molecular flexibility index (Phi) is 3.52. The first-order valence-corrected chi connectivity index (χ1v) is 5.55. The van der Waals surface area contributed by atoms with E-state index in [2.05, 4.69) is 25.9 Å². The number of nitrogens with zero attached hydrogens (tertiary/aromatic N) is 2. The van der Waals surface area contributed by atoms with Crippen molar-refractivity contribution in [2.75, 3.05) is 0 Å². The summed E-state index contributed by atoms with van der Waals surface area (Å²) in [5, 5.41) is 8.76. The van der Waals surface area contributed by atoms with Gasteiger partial charge in [0.05, 0.1) is 4.47 Å². The quantitative estimate of drug-likeness (QED) is 0.943. The molecule has 0 radical (unpaired) electrons. The van der Waals surface area contributed by atoms with Gasteiger partial charge in [-0.2, -0.15) is 4.98 Å². The fourth-order valence-corrected chi connectivity index (χ4v) is 1.49. The van der Waals surface area contributed by atoms with Crippen LogP contribution in [0.25, 0.3) is 0 Å². The lowest BCUT2D eigenvalue weighted by Crippen LogP contribution is -2.02. The van der Waals surface area contributed by atoms with E-state index in [9.17, 15) is 9.18 Å². The minimum absolute atomic E-state index is 0.164. The highest BCUT2D eigenvalue weighted by molar-refractivity contribution is 9.10. The van der Waals surface area contributed by atoms with Crippen molar-refractivity contribution >= 4 is 21.9 Å². The Morgan fingerprint density at radius 1 is 1.39 bits per heavy atom. The van der Waals surface area contributed by atoms with Crippen molar-refractivity contribution in [3.63, 3.8) is 0 Å². The highest BCUT2D eigenvalue weighted by Crippen LogP contribution is 2.28. The lowest BCUT2D eigenvalue weighted by Gasteiger charge is -2.06. The molecule has 0 aliphatic heterocycles. The summed E-state index contributed by atoms with van der Waals surface area (Å²) in [5.41, 5.74) is -0.201. The van der Waals surface area contributed by atoms with Crippen LogP contribution in [0, 0.1) is 5.82 Å². The highest BCUT2D eigenvalue weighted by atomic mass is 79.9. The first-order chi connectivity index (χ1) is 8.56. The number of hydrogen-bond donors (Lipinski definition) is 1. The molecular formula is C11H6BrFN2O3. The smallest absolute Gasteiger partial charge is 0.354 e. The van der Waals surface area contributed by atoms with Crippen molar-refractivity contribution in [1.82, 2.24) is 9.97 Å². The standard InChI is InChI=1S/C11H6BrFN2O3/c12-7-2-1-6(13)5-9(7)18-11-14-4-3-8(15-11)10(16)17/h1-5H,(H,16,17). The van der Waals surface area contributed by atoms with Crippen LogP contribution in [0.4, 0.5) is 4.39 Å². The van der Waals surface area contributed by atoms with Crippen molar-refractivity contribution in [2.24, 2.45) is 0 Å². The van der Waals surface area contributed by atoms with Crippen LogP contribution in [-0.4, -0.2) is 21.0 Å². The molecule has 5 nitrogen and oxygen atoms in total. The Bertz CT molecular complexity index is 607. The van der Waals surface area contributed by atoms with Gasteiger partial charge in [-0.3, -0.25) is 0 Å². The molecule has 2 rings (SSSR count). The second-order valence-electron chi connectivity index (χ2n) is 3.21. The fourth-order valence-electron chi connectivity index (χ4n) is 1.16. The van der Waals surface area contributed by atoms with E-state index in [0.29, 0.717) is 4.47 Å². The second kappa shape index (κ2) is 5.09. The first kappa shape index (κ1) is 12.4. The minimum Gasteiger partial charge on any atom is -0.477 e. The summed E-state index contributed by atoms with van der Waals surface area (Å²) in [6, 6.07) is 4.93. The number of halogens is 2. The molecule has 0 amide bonds. The summed E-state index contributed by atoms with van der Waals surface area (Å²) in [6.07, 6.45) is 1.25. The minimum atomic E-state index is -1.19. The highest BCUT2D eigenvalue weighted by Gasteiger charge is 2.10. The molecule has 0 atom stereocenters. The molecule has 0 saturated carbocycles. The number of rotatable bonds is 3. The molecule has 0 saturated heterocycles. The summed E-state index contributed by atoms with van der Waals surface area (Å²) in [5.74, 6) is -1.51. The zero-order valence-electron chi connectivity index (χ0n) is 8.80. The predicted molar refractivity (Wildman–Crippen MR) is 63.2 cm³/mol. The maximum atomic E-state index is 13.0. The Morgan fingerprint density at radius 3 is 2.89 bits per heavy atom. The summed E-state index contributed by atoms with van der Waals surface area (Å²) >= 11 is 3.17. The number of carboxylic acid groups (broad SMARTS) is 1. The average Bonchev–Trinajstić information content (AvgIpc) is 2.34. The number of hydrogen-bond acceptors (Lipinski definition) is 4. The molecule has 0 fully saturated rings. The molecule has 0 unspecified atom stereocenters. The van der Waals surface area contributed by atoms with Gasteiger partial charge in [0.25, 0.3) is 0 Å². The molecule has 0 aliphatic rings.